The van der Waals surface area contributed by atoms with Crippen molar-refractivity contribution in [1.82, 2.24) is 20.2 Å². The summed E-state index contributed by atoms with van der Waals surface area (Å²) >= 11 is 1.62. The van der Waals surface area contributed by atoms with E-state index in [1.54, 1.807) is 11.8 Å². The van der Waals surface area contributed by atoms with Crippen molar-refractivity contribution in [1.29, 1.82) is 0 Å². The maximum Gasteiger partial charge on any atom is 0.230 e. The van der Waals surface area contributed by atoms with E-state index in [2.05, 4.69) is 34.0 Å². The summed E-state index contributed by atoms with van der Waals surface area (Å²) in [5.74, 6) is 2.33. The molecule has 26 heavy (non-hydrogen) atoms. The van der Waals surface area contributed by atoms with Gasteiger partial charge in [-0.25, -0.2) is 4.98 Å². The fraction of sp³-hybridized carbons (Fsp3) is 0.600. The third-order valence-electron chi connectivity index (χ3n) is 4.97. The zero-order valence-corrected chi connectivity index (χ0v) is 16.6. The lowest BCUT2D eigenvalue weighted by Crippen LogP contribution is -2.36. The number of aromatic nitrogens is 2. The Kier molecular flexibility index (Phi) is 6.97. The topological polar surface area (TPSA) is 61.0 Å². The van der Waals surface area contributed by atoms with Gasteiger partial charge in [0.25, 0.3) is 0 Å². The summed E-state index contributed by atoms with van der Waals surface area (Å²) in [6.45, 7) is 8.69. The molecule has 6 heteroatoms. The quantitative estimate of drug-likeness (QED) is 0.693. The molecule has 0 bridgehead atoms. The van der Waals surface area contributed by atoms with Crippen LogP contribution in [0.15, 0.2) is 24.3 Å². The van der Waals surface area contributed by atoms with E-state index in [9.17, 15) is 4.79 Å². The Morgan fingerprint density at radius 2 is 2.31 bits per heavy atom. The van der Waals surface area contributed by atoms with Gasteiger partial charge in [-0.2, -0.15) is 0 Å². The van der Waals surface area contributed by atoms with E-state index >= 15 is 0 Å². The van der Waals surface area contributed by atoms with Gasteiger partial charge in [0.1, 0.15) is 5.82 Å². The Bertz CT molecular complexity index is 684. The van der Waals surface area contributed by atoms with Gasteiger partial charge in [-0.3, -0.25) is 4.79 Å². The number of rotatable bonds is 8. The lowest BCUT2D eigenvalue weighted by molar-refractivity contribution is -0.118. The number of para-hydroxylation sites is 2. The summed E-state index contributed by atoms with van der Waals surface area (Å²) in [7, 11) is 0. The lowest BCUT2D eigenvalue weighted by Gasteiger charge is -2.30. The fourth-order valence-electron chi connectivity index (χ4n) is 3.52. The first-order chi connectivity index (χ1) is 12.6. The van der Waals surface area contributed by atoms with E-state index < -0.39 is 0 Å². The van der Waals surface area contributed by atoms with Crippen LogP contribution in [0.4, 0.5) is 0 Å². The highest BCUT2D eigenvalue weighted by atomic mass is 32.2. The van der Waals surface area contributed by atoms with E-state index in [-0.39, 0.29) is 11.2 Å². The Morgan fingerprint density at radius 3 is 3.12 bits per heavy atom. The van der Waals surface area contributed by atoms with Crippen molar-refractivity contribution in [2.75, 3.05) is 31.9 Å². The van der Waals surface area contributed by atoms with Crippen molar-refractivity contribution in [3.8, 4) is 0 Å². The molecular weight excluding hydrogens is 344 g/mol. The monoisotopic (exact) mass is 374 g/mol. The van der Waals surface area contributed by atoms with Gasteiger partial charge in [0.15, 0.2) is 0 Å². The average Bonchev–Trinajstić information content (AvgIpc) is 3.08. The molecular formula is C20H30N4OS. The second-order valence-corrected chi connectivity index (χ2v) is 8.67. The molecule has 1 aliphatic rings. The van der Waals surface area contributed by atoms with Crippen LogP contribution in [0.1, 0.15) is 44.2 Å². The number of amides is 1. The molecule has 142 valence electrons. The summed E-state index contributed by atoms with van der Waals surface area (Å²) in [4.78, 5) is 22.6. The molecule has 0 radical (unpaired) electrons. The van der Waals surface area contributed by atoms with Crippen LogP contribution in [0.2, 0.25) is 0 Å². The number of fused-ring (bicyclic) bond motifs is 1. The number of likely N-dealkylation sites (tertiary alicyclic amines) is 1. The first-order valence-corrected chi connectivity index (χ1v) is 10.7. The summed E-state index contributed by atoms with van der Waals surface area (Å²) in [5, 5.41) is 3.22. The number of benzene rings is 1. The van der Waals surface area contributed by atoms with Crippen LogP contribution >= 0.6 is 11.8 Å². The van der Waals surface area contributed by atoms with E-state index in [0.29, 0.717) is 5.75 Å². The predicted molar refractivity (Wildman–Crippen MR) is 109 cm³/mol. The van der Waals surface area contributed by atoms with E-state index in [1.807, 2.05) is 24.3 Å². The van der Waals surface area contributed by atoms with Crippen LogP contribution < -0.4 is 5.32 Å². The number of nitrogens with one attached hydrogen (secondary N) is 2. The van der Waals surface area contributed by atoms with E-state index in [4.69, 9.17) is 0 Å². The van der Waals surface area contributed by atoms with E-state index in [0.717, 1.165) is 42.3 Å². The number of carbonyl (C=O) groups is 1. The molecule has 1 amide bonds. The second-order valence-electron chi connectivity index (χ2n) is 7.34. The van der Waals surface area contributed by atoms with Crippen molar-refractivity contribution in [2.24, 2.45) is 5.92 Å². The average molecular weight is 375 g/mol. The van der Waals surface area contributed by atoms with Crippen LogP contribution in [-0.4, -0.2) is 52.7 Å². The number of carbonyl (C=O) groups excluding carboxylic acids is 1. The molecule has 1 aliphatic heterocycles. The van der Waals surface area contributed by atoms with Gasteiger partial charge in [0.2, 0.25) is 5.91 Å². The van der Waals surface area contributed by atoms with Gasteiger partial charge in [-0.1, -0.05) is 19.1 Å². The summed E-state index contributed by atoms with van der Waals surface area (Å²) in [6, 6.07) is 8.02. The summed E-state index contributed by atoms with van der Waals surface area (Å²) in [6.07, 6.45) is 3.69. The molecule has 2 N–H and O–H groups in total. The highest BCUT2D eigenvalue weighted by molar-refractivity contribution is 8.00. The fourth-order valence-corrected chi connectivity index (χ4v) is 4.29. The SMILES string of the molecule is CC1CCCN(CCCNC(=O)CSC(C)c2nc3ccccc3[nH]2)C1. The van der Waals surface area contributed by atoms with Gasteiger partial charge < -0.3 is 15.2 Å². The number of H-pyrrole nitrogens is 1. The number of hydrogen-bond acceptors (Lipinski definition) is 4. The molecule has 5 nitrogen and oxygen atoms in total. The lowest BCUT2D eigenvalue weighted by atomic mass is 10.0. The second kappa shape index (κ2) is 9.42. The van der Waals surface area contributed by atoms with Crippen LogP contribution in [0, 0.1) is 5.92 Å². The van der Waals surface area contributed by atoms with Crippen LogP contribution in [0.3, 0.4) is 0 Å². The Morgan fingerprint density at radius 1 is 1.46 bits per heavy atom. The third-order valence-corrected chi connectivity index (χ3v) is 6.12. The highest BCUT2D eigenvalue weighted by Gasteiger charge is 2.16. The number of aromatic amines is 1. The molecule has 2 aromatic rings. The van der Waals surface area contributed by atoms with Gasteiger partial charge in [-0.15, -0.1) is 11.8 Å². The smallest absolute Gasteiger partial charge is 0.230 e. The Hall–Kier alpha value is -1.53. The first kappa shape index (κ1) is 19.2. The van der Waals surface area contributed by atoms with Gasteiger partial charge >= 0.3 is 0 Å². The maximum absolute atomic E-state index is 12.1. The zero-order chi connectivity index (χ0) is 18.4. The number of thioether (sulfide) groups is 1. The zero-order valence-electron chi connectivity index (χ0n) is 15.8. The minimum Gasteiger partial charge on any atom is -0.355 e. The van der Waals surface area contributed by atoms with Gasteiger partial charge in [-0.05, 0) is 57.3 Å². The maximum atomic E-state index is 12.1. The summed E-state index contributed by atoms with van der Waals surface area (Å²) in [5.41, 5.74) is 2.03. The molecule has 2 unspecified atom stereocenters. The van der Waals surface area contributed by atoms with Gasteiger partial charge in [0.05, 0.1) is 22.0 Å². The van der Waals surface area contributed by atoms with Crippen molar-refractivity contribution < 1.29 is 4.79 Å². The standard InChI is InChI=1S/C20H30N4OS/c1-15-7-5-11-24(13-15)12-6-10-21-19(25)14-26-16(2)20-22-17-8-3-4-9-18(17)23-20/h3-4,8-9,15-16H,5-7,10-14H2,1-2H3,(H,21,25)(H,22,23). The van der Waals surface area contributed by atoms with Crippen molar-refractivity contribution >= 4 is 28.7 Å². The Balaban J connectivity index is 1.33. The van der Waals surface area contributed by atoms with Crippen LogP contribution in [0.5, 0.6) is 0 Å². The number of piperidine rings is 1. The number of hydrogen-bond donors (Lipinski definition) is 2. The first-order valence-electron chi connectivity index (χ1n) is 9.67. The molecule has 2 heterocycles. The molecule has 1 aromatic heterocycles. The van der Waals surface area contributed by atoms with Crippen LogP contribution in [-0.2, 0) is 4.79 Å². The van der Waals surface area contributed by atoms with E-state index in [1.165, 1.54) is 25.9 Å². The molecule has 0 aliphatic carbocycles. The molecule has 1 aromatic carbocycles. The van der Waals surface area contributed by atoms with Crippen molar-refractivity contribution in [3.63, 3.8) is 0 Å². The minimum atomic E-state index is 0.116. The summed E-state index contributed by atoms with van der Waals surface area (Å²) < 4.78 is 0. The Labute approximate surface area is 160 Å². The van der Waals surface area contributed by atoms with Crippen molar-refractivity contribution in [2.45, 2.75) is 38.4 Å². The van der Waals surface area contributed by atoms with Crippen LogP contribution in [0.25, 0.3) is 11.0 Å². The molecule has 0 spiro atoms. The molecule has 0 saturated carbocycles. The molecule has 1 saturated heterocycles. The van der Waals surface area contributed by atoms with Gasteiger partial charge in [0, 0.05) is 13.1 Å². The third kappa shape index (κ3) is 5.48. The highest BCUT2D eigenvalue weighted by Crippen LogP contribution is 2.27. The molecule has 1 fully saturated rings. The molecule has 3 rings (SSSR count). The minimum absolute atomic E-state index is 0.116. The van der Waals surface area contributed by atoms with Crippen molar-refractivity contribution in [3.05, 3.63) is 30.1 Å². The molecule has 2 atom stereocenters. The predicted octanol–water partition coefficient (Wildman–Crippen LogP) is 3.60. The number of imidazole rings is 1. The normalized spacial score (nSPS) is 19.5. The number of nitrogens with zero attached hydrogens (tertiary/aromatic N) is 2. The largest absolute Gasteiger partial charge is 0.355 e.